The van der Waals surface area contributed by atoms with Crippen LogP contribution in [0.25, 0.3) is 16.9 Å². The maximum Gasteiger partial charge on any atom is 0.414 e. The number of imidazole rings is 1. The van der Waals surface area contributed by atoms with Crippen molar-refractivity contribution in [2.45, 2.75) is 11.8 Å². The van der Waals surface area contributed by atoms with Gasteiger partial charge in [-0.05, 0) is 49.4 Å². The number of fused-ring (bicyclic) bond motifs is 1. The standard InChI is InChI=1S/C17H18N3O2.C7H8O3S/c1-18(2)17(21)22-14-9-7-13(8-10-14)15-12-20-11-5-4-6-16(20)19(15)3;1-6-2-4-7(5-3-6)11(8,9)10/h4-12H,1-3H3;2-5H,1H3,(H,8,9,10)/q+1;/p-1. The first-order chi connectivity index (χ1) is 15.6. The van der Waals surface area contributed by atoms with Crippen molar-refractivity contribution in [1.82, 2.24) is 9.47 Å². The van der Waals surface area contributed by atoms with Gasteiger partial charge in [-0.2, -0.15) is 0 Å². The summed E-state index contributed by atoms with van der Waals surface area (Å²) < 4.78 is 40.6. The molecular weight excluding hydrogens is 442 g/mol. The second-order valence-electron chi connectivity index (χ2n) is 7.59. The highest BCUT2D eigenvalue weighted by atomic mass is 32.2. The molecule has 0 aliphatic rings. The molecule has 0 aliphatic carbocycles. The Balaban J connectivity index is 0.000000235. The largest absolute Gasteiger partial charge is 0.744 e. The molecule has 0 saturated heterocycles. The lowest BCUT2D eigenvalue weighted by atomic mass is 10.1. The zero-order valence-corrected chi connectivity index (χ0v) is 19.6. The van der Waals surface area contributed by atoms with Gasteiger partial charge >= 0.3 is 6.09 Å². The first kappa shape index (κ1) is 24.0. The van der Waals surface area contributed by atoms with Gasteiger partial charge in [0.15, 0.2) is 5.69 Å². The summed E-state index contributed by atoms with van der Waals surface area (Å²) in [6, 6.07) is 19.4. The number of pyridine rings is 1. The predicted octanol–water partition coefficient (Wildman–Crippen LogP) is 3.39. The van der Waals surface area contributed by atoms with E-state index in [1.165, 1.54) is 17.0 Å². The number of hydrogen-bond acceptors (Lipinski definition) is 5. The minimum Gasteiger partial charge on any atom is -0.744 e. The normalized spacial score (nSPS) is 10.9. The molecule has 33 heavy (non-hydrogen) atoms. The Morgan fingerprint density at radius 2 is 1.64 bits per heavy atom. The zero-order chi connectivity index (χ0) is 24.2. The van der Waals surface area contributed by atoms with Gasteiger partial charge in [0, 0.05) is 25.7 Å². The molecule has 0 unspecified atom stereocenters. The minimum atomic E-state index is -4.27. The van der Waals surface area contributed by atoms with Crippen LogP contribution in [0.15, 0.2) is 84.0 Å². The first-order valence-corrected chi connectivity index (χ1v) is 11.4. The van der Waals surface area contributed by atoms with E-state index in [4.69, 9.17) is 4.74 Å². The molecule has 4 rings (SSSR count). The second-order valence-corrected chi connectivity index (χ2v) is 8.97. The van der Waals surface area contributed by atoms with Crippen molar-refractivity contribution in [3.8, 4) is 17.0 Å². The van der Waals surface area contributed by atoms with E-state index < -0.39 is 10.1 Å². The van der Waals surface area contributed by atoms with E-state index in [9.17, 15) is 17.8 Å². The maximum atomic E-state index is 11.5. The summed E-state index contributed by atoms with van der Waals surface area (Å²) >= 11 is 0. The van der Waals surface area contributed by atoms with Gasteiger partial charge in [0.25, 0.3) is 5.65 Å². The number of aromatic nitrogens is 2. The smallest absolute Gasteiger partial charge is 0.414 e. The van der Waals surface area contributed by atoms with Crippen LogP contribution in [0, 0.1) is 6.92 Å². The van der Waals surface area contributed by atoms with Crippen molar-refractivity contribution >= 4 is 21.9 Å². The molecule has 0 aliphatic heterocycles. The average Bonchev–Trinajstić information content (AvgIpc) is 3.11. The quantitative estimate of drug-likeness (QED) is 0.340. The van der Waals surface area contributed by atoms with Crippen LogP contribution in [0.4, 0.5) is 4.79 Å². The van der Waals surface area contributed by atoms with Crippen molar-refractivity contribution < 1.29 is 26.9 Å². The molecule has 0 atom stereocenters. The van der Waals surface area contributed by atoms with Gasteiger partial charge in [-0.1, -0.05) is 23.8 Å². The molecule has 0 bridgehead atoms. The molecule has 8 nitrogen and oxygen atoms in total. The minimum absolute atomic E-state index is 0.178. The topological polar surface area (TPSA) is 95.8 Å². The van der Waals surface area contributed by atoms with E-state index >= 15 is 0 Å². The first-order valence-electron chi connectivity index (χ1n) is 10.0. The van der Waals surface area contributed by atoms with Crippen molar-refractivity contribution in [2.24, 2.45) is 7.05 Å². The summed E-state index contributed by atoms with van der Waals surface area (Å²) in [6.07, 6.45) is 3.72. The fourth-order valence-corrected chi connectivity index (χ4v) is 3.51. The average molecular weight is 468 g/mol. The van der Waals surface area contributed by atoms with E-state index in [0.29, 0.717) is 5.75 Å². The van der Waals surface area contributed by atoms with Crippen molar-refractivity contribution in [3.63, 3.8) is 0 Å². The lowest BCUT2D eigenvalue weighted by Crippen LogP contribution is -2.25. The van der Waals surface area contributed by atoms with Crippen LogP contribution in [0.1, 0.15) is 5.56 Å². The summed E-state index contributed by atoms with van der Waals surface area (Å²) in [4.78, 5) is 12.8. The Kier molecular flexibility index (Phi) is 7.15. The summed E-state index contributed by atoms with van der Waals surface area (Å²) in [5, 5.41) is 0. The van der Waals surface area contributed by atoms with E-state index in [0.717, 1.165) is 22.5 Å². The monoisotopic (exact) mass is 467 g/mol. The van der Waals surface area contributed by atoms with E-state index in [1.54, 1.807) is 38.4 Å². The molecule has 0 fully saturated rings. The van der Waals surface area contributed by atoms with Gasteiger partial charge in [-0.3, -0.25) is 0 Å². The Morgan fingerprint density at radius 1 is 1.00 bits per heavy atom. The van der Waals surface area contributed by atoms with Crippen molar-refractivity contribution in [3.05, 3.63) is 84.7 Å². The molecule has 2 heterocycles. The summed E-state index contributed by atoms with van der Waals surface area (Å²) in [5.74, 6) is 0.536. The fourth-order valence-electron chi connectivity index (χ4n) is 3.04. The molecule has 0 N–H and O–H groups in total. The van der Waals surface area contributed by atoms with Crippen LogP contribution in [0.3, 0.4) is 0 Å². The Labute approximate surface area is 193 Å². The third kappa shape index (κ3) is 5.97. The highest BCUT2D eigenvalue weighted by Gasteiger charge is 2.15. The second kappa shape index (κ2) is 9.85. The van der Waals surface area contributed by atoms with Gasteiger partial charge < -0.3 is 14.2 Å². The van der Waals surface area contributed by atoms with E-state index in [2.05, 4.69) is 21.2 Å². The third-order valence-electron chi connectivity index (χ3n) is 4.86. The van der Waals surface area contributed by atoms with Crippen LogP contribution >= 0.6 is 0 Å². The van der Waals surface area contributed by atoms with Crippen molar-refractivity contribution in [1.29, 1.82) is 0 Å². The summed E-state index contributed by atoms with van der Waals surface area (Å²) in [6.45, 7) is 1.82. The molecule has 172 valence electrons. The molecule has 4 aromatic rings. The molecule has 0 saturated carbocycles. The van der Waals surface area contributed by atoms with Crippen LogP contribution < -0.4 is 9.14 Å². The molecule has 2 aromatic carbocycles. The Morgan fingerprint density at radius 3 is 2.18 bits per heavy atom. The van der Waals surface area contributed by atoms with Crippen LogP contribution in [0.5, 0.6) is 5.75 Å². The number of rotatable bonds is 3. The van der Waals surface area contributed by atoms with Crippen molar-refractivity contribution in [2.75, 3.05) is 14.1 Å². The zero-order valence-electron chi connectivity index (χ0n) is 18.8. The van der Waals surface area contributed by atoms with Gasteiger partial charge in [0.1, 0.15) is 22.1 Å². The van der Waals surface area contributed by atoms with Crippen LogP contribution in [-0.2, 0) is 17.2 Å². The van der Waals surface area contributed by atoms with Gasteiger partial charge in [-0.25, -0.2) is 22.2 Å². The van der Waals surface area contributed by atoms with Gasteiger partial charge in [0.2, 0.25) is 0 Å². The third-order valence-corrected chi connectivity index (χ3v) is 5.71. The number of carbonyl (C=O) groups is 1. The fraction of sp³-hybridized carbons (Fsp3) is 0.167. The summed E-state index contributed by atoms with van der Waals surface area (Å²) in [7, 11) is 1.08. The Hall–Kier alpha value is -3.69. The highest BCUT2D eigenvalue weighted by molar-refractivity contribution is 7.85. The number of amides is 1. The lowest BCUT2D eigenvalue weighted by molar-refractivity contribution is -0.510. The van der Waals surface area contributed by atoms with Gasteiger partial charge in [0.05, 0.1) is 18.1 Å². The molecule has 1 amide bonds. The SMILES string of the molecule is CN(C)C(=O)Oc1ccc(-c2c[n+]3ccccc3n2C)cc1.Cc1ccc(S(=O)(=O)[O-])cc1. The number of carbonyl (C=O) groups excluding carboxylic acids is 1. The number of aryl methyl sites for hydroxylation is 2. The van der Waals surface area contributed by atoms with E-state index in [-0.39, 0.29) is 11.0 Å². The Bertz CT molecular complexity index is 1360. The number of nitrogens with zero attached hydrogens (tertiary/aromatic N) is 3. The van der Waals surface area contributed by atoms with E-state index in [1.807, 2.05) is 44.4 Å². The molecule has 0 spiro atoms. The molecule has 0 radical (unpaired) electrons. The lowest BCUT2D eigenvalue weighted by Gasteiger charge is -2.10. The molecule has 9 heteroatoms. The summed E-state index contributed by atoms with van der Waals surface area (Å²) in [5.41, 5.74) is 4.20. The number of hydrogen-bond donors (Lipinski definition) is 0. The molecule has 2 aromatic heterocycles. The van der Waals surface area contributed by atoms with Crippen LogP contribution in [-0.4, -0.2) is 42.6 Å². The van der Waals surface area contributed by atoms with Crippen LogP contribution in [0.2, 0.25) is 0 Å². The highest BCUT2D eigenvalue weighted by Crippen LogP contribution is 2.23. The van der Waals surface area contributed by atoms with Gasteiger partial charge in [-0.15, -0.1) is 0 Å². The predicted molar refractivity (Wildman–Crippen MR) is 123 cm³/mol. The number of benzene rings is 2. The number of ether oxygens (including phenoxy) is 1. The maximum absolute atomic E-state index is 11.5. The molecular formula is C24H25N3O5S.